The summed E-state index contributed by atoms with van der Waals surface area (Å²) >= 11 is 0. The molecule has 0 aromatic heterocycles. The highest BCUT2D eigenvalue weighted by Gasteiger charge is 2.29. The van der Waals surface area contributed by atoms with E-state index in [2.05, 4.69) is 5.32 Å². The van der Waals surface area contributed by atoms with Gasteiger partial charge in [0.2, 0.25) is 0 Å². The number of piperidine rings is 1. The average molecular weight is 399 g/mol. The van der Waals surface area contributed by atoms with Gasteiger partial charge in [-0.2, -0.15) is 0 Å². The molecule has 0 bridgehead atoms. The Kier molecular flexibility index (Phi) is 6.42. The van der Waals surface area contributed by atoms with E-state index in [0.29, 0.717) is 32.4 Å². The number of carbonyl (C=O) groups excluding carboxylic acids is 1. The molecule has 1 aliphatic rings. The van der Waals surface area contributed by atoms with Crippen molar-refractivity contribution in [3.8, 4) is 0 Å². The topological polar surface area (TPSA) is 78.9 Å². The van der Waals surface area contributed by atoms with Crippen LogP contribution in [0.4, 0.5) is 4.79 Å². The van der Waals surface area contributed by atoms with Gasteiger partial charge in [0.1, 0.15) is 11.6 Å². The predicted octanol–water partition coefficient (Wildman–Crippen LogP) is 3.82. The van der Waals surface area contributed by atoms with E-state index in [1.54, 1.807) is 4.90 Å². The first-order valence-electron chi connectivity index (χ1n) is 10.2. The molecule has 3 rings (SSSR count). The Morgan fingerprint density at radius 3 is 2.45 bits per heavy atom. The number of likely N-dealkylation sites (tertiary alicyclic amines) is 1. The van der Waals surface area contributed by atoms with Gasteiger partial charge in [-0.3, -0.25) is 4.79 Å². The molecule has 1 amide bonds. The summed E-state index contributed by atoms with van der Waals surface area (Å²) in [5, 5.41) is 15.3. The lowest BCUT2D eigenvalue weighted by Crippen LogP contribution is -2.51. The number of aliphatic carboxylic acids is 1. The van der Waals surface area contributed by atoms with E-state index < -0.39 is 17.6 Å². The molecule has 1 unspecified atom stereocenters. The van der Waals surface area contributed by atoms with Crippen LogP contribution in [0.1, 0.15) is 39.2 Å². The molecule has 1 fully saturated rings. The van der Waals surface area contributed by atoms with Crippen LogP contribution in [0, 0.1) is 0 Å². The molecule has 1 heterocycles. The fourth-order valence-corrected chi connectivity index (χ4v) is 3.75. The number of fused-ring (bicyclic) bond motifs is 1. The second-order valence-electron chi connectivity index (χ2n) is 8.64. The summed E-state index contributed by atoms with van der Waals surface area (Å²) in [5.74, 6) is -0.854. The summed E-state index contributed by atoms with van der Waals surface area (Å²) in [4.78, 5) is 25.8. The number of benzene rings is 2. The molecule has 0 aliphatic carbocycles. The minimum absolute atomic E-state index is 0.0600. The van der Waals surface area contributed by atoms with Crippen molar-refractivity contribution in [2.75, 3.05) is 13.1 Å². The van der Waals surface area contributed by atoms with Gasteiger partial charge < -0.3 is 20.1 Å². The van der Waals surface area contributed by atoms with Crippen molar-refractivity contribution in [2.45, 2.75) is 57.7 Å². The molecule has 6 nitrogen and oxygen atoms in total. The van der Waals surface area contributed by atoms with Crippen molar-refractivity contribution in [3.05, 3.63) is 48.0 Å². The van der Waals surface area contributed by atoms with Gasteiger partial charge in [-0.1, -0.05) is 42.5 Å². The van der Waals surface area contributed by atoms with Gasteiger partial charge in [-0.15, -0.1) is 0 Å². The average Bonchev–Trinajstić information content (AvgIpc) is 2.67. The summed E-state index contributed by atoms with van der Waals surface area (Å²) in [6, 6.07) is 13.4. The molecule has 2 aromatic carbocycles. The normalized spacial score (nSPS) is 16.6. The minimum atomic E-state index is -0.854. The van der Waals surface area contributed by atoms with Gasteiger partial charge in [-0.25, -0.2) is 4.79 Å². The zero-order chi connectivity index (χ0) is 21.0. The van der Waals surface area contributed by atoms with Crippen molar-refractivity contribution in [2.24, 2.45) is 0 Å². The van der Waals surface area contributed by atoms with Crippen molar-refractivity contribution in [1.82, 2.24) is 10.2 Å². The molecule has 0 spiro atoms. The first-order chi connectivity index (χ1) is 13.7. The molecular formula is C23H30N2O4. The van der Waals surface area contributed by atoms with E-state index in [4.69, 9.17) is 4.74 Å². The first-order valence-corrected chi connectivity index (χ1v) is 10.2. The van der Waals surface area contributed by atoms with E-state index >= 15 is 0 Å². The number of nitrogens with one attached hydrogen (secondary N) is 1. The first kappa shape index (κ1) is 21.1. The van der Waals surface area contributed by atoms with Crippen LogP contribution in [0.5, 0.6) is 0 Å². The van der Waals surface area contributed by atoms with E-state index in [-0.39, 0.29) is 12.1 Å². The van der Waals surface area contributed by atoms with E-state index in [1.165, 1.54) is 0 Å². The highest BCUT2D eigenvalue weighted by Crippen LogP contribution is 2.21. The third kappa shape index (κ3) is 5.70. The third-order valence-corrected chi connectivity index (χ3v) is 5.19. The predicted molar refractivity (Wildman–Crippen MR) is 113 cm³/mol. The fraction of sp³-hybridized carbons (Fsp3) is 0.478. The lowest BCUT2D eigenvalue weighted by molar-refractivity contribution is -0.139. The Morgan fingerprint density at radius 2 is 1.79 bits per heavy atom. The molecule has 1 saturated heterocycles. The maximum Gasteiger partial charge on any atom is 0.410 e. The number of carboxylic acids is 1. The molecule has 1 atom stereocenters. The van der Waals surface area contributed by atoms with Gasteiger partial charge >= 0.3 is 12.1 Å². The monoisotopic (exact) mass is 398 g/mol. The highest BCUT2D eigenvalue weighted by atomic mass is 16.6. The quantitative estimate of drug-likeness (QED) is 0.800. The van der Waals surface area contributed by atoms with Crippen LogP contribution in [0.15, 0.2) is 42.5 Å². The molecule has 156 valence electrons. The molecule has 0 radical (unpaired) electrons. The zero-order valence-electron chi connectivity index (χ0n) is 17.4. The zero-order valence-corrected chi connectivity index (χ0v) is 17.4. The maximum absolute atomic E-state index is 12.2. The SMILES string of the molecule is CC(C)(C)OC(=O)N1CCC(NC(Cc2cccc3ccccc23)C(=O)O)CC1. The summed E-state index contributed by atoms with van der Waals surface area (Å²) < 4.78 is 5.42. The number of hydrogen-bond donors (Lipinski definition) is 2. The molecule has 1 aliphatic heterocycles. The fourth-order valence-electron chi connectivity index (χ4n) is 3.75. The highest BCUT2D eigenvalue weighted by molar-refractivity contribution is 5.86. The third-order valence-electron chi connectivity index (χ3n) is 5.19. The maximum atomic E-state index is 12.2. The number of carboxylic acid groups (broad SMARTS) is 1. The Bertz CT molecular complexity index is 861. The van der Waals surface area contributed by atoms with Crippen LogP contribution in [0.25, 0.3) is 10.8 Å². The van der Waals surface area contributed by atoms with Crippen LogP contribution in [0.2, 0.25) is 0 Å². The van der Waals surface area contributed by atoms with Crippen LogP contribution in [0.3, 0.4) is 0 Å². The van der Waals surface area contributed by atoms with Crippen molar-refractivity contribution in [1.29, 1.82) is 0 Å². The Balaban J connectivity index is 1.61. The van der Waals surface area contributed by atoms with Gasteiger partial charge in [0, 0.05) is 19.1 Å². The van der Waals surface area contributed by atoms with Crippen molar-refractivity contribution < 1.29 is 19.4 Å². The van der Waals surface area contributed by atoms with Gasteiger partial charge in [0.15, 0.2) is 0 Å². The molecule has 0 saturated carbocycles. The number of nitrogens with zero attached hydrogens (tertiary/aromatic N) is 1. The van der Waals surface area contributed by atoms with E-state index in [0.717, 1.165) is 16.3 Å². The van der Waals surface area contributed by atoms with Crippen LogP contribution in [-0.2, 0) is 16.0 Å². The van der Waals surface area contributed by atoms with E-state index in [9.17, 15) is 14.7 Å². The molecule has 2 N–H and O–H groups in total. The number of rotatable bonds is 5. The lowest BCUT2D eigenvalue weighted by Gasteiger charge is -2.34. The lowest BCUT2D eigenvalue weighted by atomic mass is 9.97. The molecular weight excluding hydrogens is 368 g/mol. The summed E-state index contributed by atoms with van der Waals surface area (Å²) in [7, 11) is 0. The van der Waals surface area contributed by atoms with Crippen LogP contribution < -0.4 is 5.32 Å². The largest absolute Gasteiger partial charge is 0.480 e. The van der Waals surface area contributed by atoms with E-state index in [1.807, 2.05) is 63.2 Å². The van der Waals surface area contributed by atoms with Gasteiger partial charge in [-0.05, 0) is 56.4 Å². The molecule has 2 aromatic rings. The minimum Gasteiger partial charge on any atom is -0.480 e. The van der Waals surface area contributed by atoms with Crippen LogP contribution >= 0.6 is 0 Å². The van der Waals surface area contributed by atoms with Gasteiger partial charge in [0.25, 0.3) is 0 Å². The number of ether oxygens (including phenoxy) is 1. The van der Waals surface area contributed by atoms with Crippen molar-refractivity contribution in [3.63, 3.8) is 0 Å². The summed E-state index contributed by atoms with van der Waals surface area (Å²) in [6.45, 7) is 6.68. The van der Waals surface area contributed by atoms with Crippen LogP contribution in [-0.4, -0.2) is 52.8 Å². The number of carbonyl (C=O) groups is 2. The standard InChI is InChI=1S/C23H30N2O4/c1-23(2,3)29-22(28)25-13-11-18(12-14-25)24-20(21(26)27)15-17-9-6-8-16-7-4-5-10-19(16)17/h4-10,18,20,24H,11-15H2,1-3H3,(H,26,27). The Labute approximate surface area is 171 Å². The number of hydrogen-bond acceptors (Lipinski definition) is 4. The van der Waals surface area contributed by atoms with Gasteiger partial charge in [0.05, 0.1) is 0 Å². The summed E-state index contributed by atoms with van der Waals surface area (Å²) in [6.07, 6.45) is 1.53. The molecule has 6 heteroatoms. The Morgan fingerprint density at radius 1 is 1.14 bits per heavy atom. The second-order valence-corrected chi connectivity index (χ2v) is 8.64. The second kappa shape index (κ2) is 8.82. The Hall–Kier alpha value is -2.60. The number of amides is 1. The molecule has 29 heavy (non-hydrogen) atoms. The van der Waals surface area contributed by atoms with Crippen molar-refractivity contribution >= 4 is 22.8 Å². The summed E-state index contributed by atoms with van der Waals surface area (Å²) in [5.41, 5.74) is 0.508. The smallest absolute Gasteiger partial charge is 0.410 e.